The molecule has 0 spiro atoms. The van der Waals surface area contributed by atoms with Crippen LogP contribution in [0.2, 0.25) is 0 Å². The van der Waals surface area contributed by atoms with Gasteiger partial charge in [-0.25, -0.2) is 0 Å². The summed E-state index contributed by atoms with van der Waals surface area (Å²) in [6.45, 7) is 2.75. The van der Waals surface area contributed by atoms with E-state index in [-0.39, 0.29) is 24.8 Å². The quantitative estimate of drug-likeness (QED) is 0.648. The zero-order valence-corrected chi connectivity index (χ0v) is 17.2. The summed E-state index contributed by atoms with van der Waals surface area (Å²) >= 11 is 0. The number of likely N-dealkylation sites (N-methyl/N-ethyl adjacent to an activating group) is 1. The minimum atomic E-state index is -0.562. The van der Waals surface area contributed by atoms with Gasteiger partial charge in [0.1, 0.15) is 0 Å². The van der Waals surface area contributed by atoms with Gasteiger partial charge in [-0.05, 0) is 36.8 Å². The molecule has 0 unspecified atom stereocenters. The fourth-order valence-electron chi connectivity index (χ4n) is 2.52. The second kappa shape index (κ2) is 10.8. The third kappa shape index (κ3) is 7.75. The molecule has 158 valence electrons. The highest BCUT2D eigenvalue weighted by Gasteiger charge is 2.15. The predicted octanol–water partition coefficient (Wildman–Crippen LogP) is 2.14. The molecule has 2 aromatic carbocycles. The van der Waals surface area contributed by atoms with E-state index in [0.717, 1.165) is 5.56 Å². The van der Waals surface area contributed by atoms with Gasteiger partial charge in [0, 0.05) is 25.3 Å². The third-order valence-corrected chi connectivity index (χ3v) is 4.12. The topological polar surface area (TPSA) is 105 Å². The summed E-state index contributed by atoms with van der Waals surface area (Å²) < 4.78 is 5.01. The van der Waals surface area contributed by atoms with Crippen LogP contribution in [-0.4, -0.2) is 48.8 Å². The number of nitrogens with zero attached hydrogens (tertiary/aromatic N) is 1. The maximum atomic E-state index is 12.1. The molecule has 2 aromatic rings. The summed E-state index contributed by atoms with van der Waals surface area (Å²) in [5.41, 5.74) is 3.03. The van der Waals surface area contributed by atoms with E-state index in [1.807, 2.05) is 19.1 Å². The molecule has 3 amide bonds. The van der Waals surface area contributed by atoms with Crippen LogP contribution in [0.5, 0.6) is 0 Å². The number of esters is 1. The lowest BCUT2D eigenvalue weighted by molar-refractivity contribution is -0.151. The van der Waals surface area contributed by atoms with Crippen LogP contribution in [0.25, 0.3) is 0 Å². The predicted molar refractivity (Wildman–Crippen MR) is 113 cm³/mol. The molecule has 0 aliphatic carbocycles. The highest BCUT2D eigenvalue weighted by molar-refractivity contribution is 5.94. The number of amides is 3. The van der Waals surface area contributed by atoms with Gasteiger partial charge in [0.05, 0.1) is 13.0 Å². The average Bonchev–Trinajstić information content (AvgIpc) is 2.69. The number of nitrogens with one attached hydrogen (secondary N) is 2. The molecular formula is C22H25N3O5. The number of aryl methyl sites for hydroxylation is 1. The van der Waals surface area contributed by atoms with Gasteiger partial charge in [0.15, 0.2) is 6.61 Å². The maximum Gasteiger partial charge on any atom is 0.310 e. The summed E-state index contributed by atoms with van der Waals surface area (Å²) in [5, 5.41) is 5.33. The zero-order valence-electron chi connectivity index (χ0n) is 17.2. The standard InChI is InChI=1S/C22H25N3O5/c1-15-4-8-19(9-5-15)24-20(27)13-25(3)21(28)14-30-22(29)12-17-6-10-18(11-7-17)23-16(2)26/h4-11H,12-14H2,1-3H3,(H,23,26)(H,24,27). The first-order valence-corrected chi connectivity index (χ1v) is 9.35. The van der Waals surface area contributed by atoms with Gasteiger partial charge in [-0.2, -0.15) is 0 Å². The fourth-order valence-corrected chi connectivity index (χ4v) is 2.52. The smallest absolute Gasteiger partial charge is 0.310 e. The molecule has 2 rings (SSSR count). The largest absolute Gasteiger partial charge is 0.455 e. The Bertz CT molecular complexity index is 907. The number of benzene rings is 2. The summed E-state index contributed by atoms with van der Waals surface area (Å²) in [7, 11) is 1.46. The lowest BCUT2D eigenvalue weighted by Gasteiger charge is -2.17. The van der Waals surface area contributed by atoms with Crippen molar-refractivity contribution in [2.75, 3.05) is 30.8 Å². The summed E-state index contributed by atoms with van der Waals surface area (Å²) in [5.74, 6) is -1.57. The molecule has 0 saturated heterocycles. The Kier molecular flexibility index (Phi) is 8.10. The summed E-state index contributed by atoms with van der Waals surface area (Å²) in [6.07, 6.45) is -0.00867. The van der Waals surface area contributed by atoms with E-state index >= 15 is 0 Å². The number of hydrogen-bond donors (Lipinski definition) is 2. The number of anilines is 2. The van der Waals surface area contributed by atoms with Crippen molar-refractivity contribution in [1.29, 1.82) is 0 Å². The molecule has 2 N–H and O–H groups in total. The second-order valence-electron chi connectivity index (χ2n) is 6.88. The number of rotatable bonds is 8. The van der Waals surface area contributed by atoms with Crippen molar-refractivity contribution < 1.29 is 23.9 Å². The lowest BCUT2D eigenvalue weighted by atomic mass is 10.1. The molecule has 0 radical (unpaired) electrons. The number of carbonyl (C=O) groups is 4. The van der Waals surface area contributed by atoms with Crippen molar-refractivity contribution in [1.82, 2.24) is 4.90 Å². The normalized spacial score (nSPS) is 10.1. The van der Waals surface area contributed by atoms with Crippen LogP contribution in [0.3, 0.4) is 0 Å². The molecule has 0 heterocycles. The Morgan fingerprint density at radius 3 is 2.07 bits per heavy atom. The molecule has 0 aliphatic rings. The minimum absolute atomic E-state index is 0.00867. The molecule has 8 nitrogen and oxygen atoms in total. The van der Waals surface area contributed by atoms with E-state index in [2.05, 4.69) is 10.6 Å². The molecule has 30 heavy (non-hydrogen) atoms. The van der Waals surface area contributed by atoms with Crippen LogP contribution in [-0.2, 0) is 30.3 Å². The molecule has 8 heteroatoms. The van der Waals surface area contributed by atoms with Crippen LogP contribution in [0, 0.1) is 6.92 Å². The highest BCUT2D eigenvalue weighted by atomic mass is 16.5. The van der Waals surface area contributed by atoms with E-state index in [4.69, 9.17) is 4.74 Å². The molecule has 0 aliphatic heterocycles. The first kappa shape index (κ1) is 22.6. The van der Waals surface area contributed by atoms with Crippen LogP contribution >= 0.6 is 0 Å². The van der Waals surface area contributed by atoms with Crippen molar-refractivity contribution >= 4 is 35.1 Å². The first-order chi connectivity index (χ1) is 14.2. The number of hydrogen-bond acceptors (Lipinski definition) is 5. The highest BCUT2D eigenvalue weighted by Crippen LogP contribution is 2.11. The second-order valence-corrected chi connectivity index (χ2v) is 6.88. The SMILES string of the molecule is CC(=O)Nc1ccc(CC(=O)OCC(=O)N(C)CC(=O)Nc2ccc(C)cc2)cc1. The molecule has 0 fully saturated rings. The van der Waals surface area contributed by atoms with Gasteiger partial charge in [0.25, 0.3) is 5.91 Å². The molecule has 0 aromatic heterocycles. The molecule has 0 bridgehead atoms. The van der Waals surface area contributed by atoms with E-state index < -0.39 is 18.5 Å². The van der Waals surface area contributed by atoms with E-state index in [9.17, 15) is 19.2 Å². The Hall–Kier alpha value is -3.68. The lowest BCUT2D eigenvalue weighted by Crippen LogP contribution is -2.37. The first-order valence-electron chi connectivity index (χ1n) is 9.35. The van der Waals surface area contributed by atoms with Crippen molar-refractivity contribution in [3.63, 3.8) is 0 Å². The van der Waals surface area contributed by atoms with Crippen molar-refractivity contribution in [2.45, 2.75) is 20.3 Å². The third-order valence-electron chi connectivity index (χ3n) is 4.12. The van der Waals surface area contributed by atoms with E-state index in [1.54, 1.807) is 36.4 Å². The average molecular weight is 411 g/mol. The van der Waals surface area contributed by atoms with Gasteiger partial charge < -0.3 is 20.3 Å². The van der Waals surface area contributed by atoms with Crippen molar-refractivity contribution in [3.8, 4) is 0 Å². The van der Waals surface area contributed by atoms with Gasteiger partial charge in [-0.1, -0.05) is 29.8 Å². The Balaban J connectivity index is 1.74. The van der Waals surface area contributed by atoms with Crippen LogP contribution in [0.4, 0.5) is 11.4 Å². The summed E-state index contributed by atoms with van der Waals surface area (Å²) in [6, 6.07) is 14.0. The summed E-state index contributed by atoms with van der Waals surface area (Å²) in [4.78, 5) is 48.3. The van der Waals surface area contributed by atoms with Crippen LogP contribution in [0.15, 0.2) is 48.5 Å². The molecular weight excluding hydrogens is 386 g/mol. The fraction of sp³-hybridized carbons (Fsp3) is 0.273. The van der Waals surface area contributed by atoms with E-state index in [1.165, 1.54) is 18.9 Å². The van der Waals surface area contributed by atoms with Crippen LogP contribution < -0.4 is 10.6 Å². The Morgan fingerprint density at radius 1 is 0.900 bits per heavy atom. The van der Waals surface area contributed by atoms with Gasteiger partial charge >= 0.3 is 5.97 Å². The van der Waals surface area contributed by atoms with E-state index in [0.29, 0.717) is 16.9 Å². The Morgan fingerprint density at radius 2 is 1.47 bits per heavy atom. The van der Waals surface area contributed by atoms with Gasteiger partial charge in [0.2, 0.25) is 11.8 Å². The molecule has 0 atom stereocenters. The minimum Gasteiger partial charge on any atom is -0.455 e. The van der Waals surface area contributed by atoms with Crippen molar-refractivity contribution in [2.24, 2.45) is 0 Å². The van der Waals surface area contributed by atoms with Crippen LogP contribution in [0.1, 0.15) is 18.1 Å². The number of carbonyl (C=O) groups excluding carboxylic acids is 4. The Labute approximate surface area is 175 Å². The monoisotopic (exact) mass is 411 g/mol. The van der Waals surface area contributed by atoms with Gasteiger partial charge in [-0.3, -0.25) is 19.2 Å². The van der Waals surface area contributed by atoms with Crippen molar-refractivity contribution in [3.05, 3.63) is 59.7 Å². The zero-order chi connectivity index (χ0) is 22.1. The van der Waals surface area contributed by atoms with Gasteiger partial charge in [-0.15, -0.1) is 0 Å². The number of ether oxygens (including phenoxy) is 1. The molecule has 0 saturated carbocycles. The maximum absolute atomic E-state index is 12.1.